The Bertz CT molecular complexity index is 331. The van der Waals surface area contributed by atoms with Crippen LogP contribution in [0.15, 0.2) is 23.4 Å². The van der Waals surface area contributed by atoms with Gasteiger partial charge in [0.15, 0.2) is 5.82 Å². The van der Waals surface area contributed by atoms with E-state index in [-0.39, 0.29) is 11.9 Å². The Kier molecular flexibility index (Phi) is 3.28. The van der Waals surface area contributed by atoms with E-state index in [9.17, 15) is 4.79 Å². The van der Waals surface area contributed by atoms with Crippen LogP contribution in [0.1, 0.15) is 25.5 Å². The molecule has 0 aliphatic rings. The molecule has 14 heavy (non-hydrogen) atoms. The normalized spacial score (nSPS) is 9.93. The molecule has 5 heteroatoms. The molecular formula is C9H13N3O2. The molecule has 0 saturated heterocycles. The first kappa shape index (κ1) is 10.3. The molecule has 1 rings (SSSR count). The standard InChI is InChI=1S/C9H13N3O2/c1-4-10-9(13)11-8-5-7(6(2)3)14-12-8/h4-6H,1H2,2-3H3,(H2,10,11,12,13). The van der Waals surface area contributed by atoms with Crippen LogP contribution >= 0.6 is 0 Å². The molecule has 0 radical (unpaired) electrons. The molecule has 0 atom stereocenters. The Morgan fingerprint density at radius 3 is 2.93 bits per heavy atom. The summed E-state index contributed by atoms with van der Waals surface area (Å²) in [6.45, 7) is 7.32. The lowest BCUT2D eigenvalue weighted by atomic mass is 10.2. The number of hydrogen-bond donors (Lipinski definition) is 2. The SMILES string of the molecule is C=CNC(=O)Nc1cc(C(C)C)on1. The topological polar surface area (TPSA) is 67.2 Å². The van der Waals surface area contributed by atoms with Gasteiger partial charge in [0, 0.05) is 12.0 Å². The van der Waals surface area contributed by atoms with Crippen molar-refractivity contribution in [1.82, 2.24) is 10.5 Å². The molecule has 0 spiro atoms. The molecule has 0 saturated carbocycles. The highest BCUT2D eigenvalue weighted by molar-refractivity contribution is 5.88. The van der Waals surface area contributed by atoms with E-state index in [0.29, 0.717) is 5.82 Å². The van der Waals surface area contributed by atoms with Crippen LogP contribution < -0.4 is 10.6 Å². The summed E-state index contributed by atoms with van der Waals surface area (Å²) in [5, 5.41) is 8.54. The highest BCUT2D eigenvalue weighted by Crippen LogP contribution is 2.17. The first-order chi connectivity index (χ1) is 6.63. The Morgan fingerprint density at radius 2 is 2.43 bits per heavy atom. The molecule has 0 aliphatic heterocycles. The number of urea groups is 1. The zero-order chi connectivity index (χ0) is 10.6. The molecule has 0 bridgehead atoms. The number of nitrogens with one attached hydrogen (secondary N) is 2. The molecule has 1 aromatic rings. The molecule has 76 valence electrons. The van der Waals surface area contributed by atoms with Gasteiger partial charge in [-0.1, -0.05) is 25.6 Å². The quantitative estimate of drug-likeness (QED) is 0.775. The summed E-state index contributed by atoms with van der Waals surface area (Å²) in [4.78, 5) is 11.0. The van der Waals surface area contributed by atoms with E-state index in [4.69, 9.17) is 4.52 Å². The first-order valence-corrected chi connectivity index (χ1v) is 4.28. The van der Waals surface area contributed by atoms with Crippen LogP contribution in [0.3, 0.4) is 0 Å². The zero-order valence-electron chi connectivity index (χ0n) is 8.20. The van der Waals surface area contributed by atoms with Crippen LogP contribution in [0.4, 0.5) is 10.6 Å². The van der Waals surface area contributed by atoms with Crippen LogP contribution in [0.2, 0.25) is 0 Å². The maximum atomic E-state index is 11.0. The fourth-order valence-electron chi connectivity index (χ4n) is 0.865. The third-order valence-corrected chi connectivity index (χ3v) is 1.57. The molecule has 2 N–H and O–H groups in total. The maximum absolute atomic E-state index is 11.0. The third kappa shape index (κ3) is 2.62. The van der Waals surface area contributed by atoms with Gasteiger partial charge in [-0.2, -0.15) is 0 Å². The molecule has 2 amide bonds. The molecule has 0 aliphatic carbocycles. The number of nitrogens with zero attached hydrogens (tertiary/aromatic N) is 1. The van der Waals surface area contributed by atoms with E-state index < -0.39 is 0 Å². The molecule has 0 aromatic carbocycles. The fourth-order valence-corrected chi connectivity index (χ4v) is 0.865. The van der Waals surface area contributed by atoms with Gasteiger partial charge in [0.1, 0.15) is 5.76 Å². The third-order valence-electron chi connectivity index (χ3n) is 1.57. The fraction of sp³-hybridized carbons (Fsp3) is 0.333. The Balaban J connectivity index is 2.59. The minimum absolute atomic E-state index is 0.250. The van der Waals surface area contributed by atoms with Crippen molar-refractivity contribution >= 4 is 11.8 Å². The summed E-state index contributed by atoms with van der Waals surface area (Å²) in [5.41, 5.74) is 0. The number of carbonyl (C=O) groups excluding carboxylic acids is 1. The largest absolute Gasteiger partial charge is 0.359 e. The summed E-state index contributed by atoms with van der Waals surface area (Å²) >= 11 is 0. The van der Waals surface area contributed by atoms with Crippen LogP contribution in [-0.4, -0.2) is 11.2 Å². The maximum Gasteiger partial charge on any atom is 0.324 e. The van der Waals surface area contributed by atoms with Gasteiger partial charge in [0.05, 0.1) is 0 Å². The van der Waals surface area contributed by atoms with Crippen molar-refractivity contribution in [2.75, 3.05) is 5.32 Å². The number of rotatable bonds is 3. The molecular weight excluding hydrogens is 182 g/mol. The molecule has 5 nitrogen and oxygen atoms in total. The van der Waals surface area contributed by atoms with Gasteiger partial charge >= 0.3 is 6.03 Å². The summed E-state index contributed by atoms with van der Waals surface area (Å²) < 4.78 is 4.99. The van der Waals surface area contributed by atoms with E-state index >= 15 is 0 Å². The minimum Gasteiger partial charge on any atom is -0.359 e. The van der Waals surface area contributed by atoms with Gasteiger partial charge in [-0.05, 0) is 6.20 Å². The van der Waals surface area contributed by atoms with Gasteiger partial charge in [0.2, 0.25) is 0 Å². The summed E-state index contributed by atoms with van der Waals surface area (Å²) in [7, 11) is 0. The van der Waals surface area contributed by atoms with E-state index in [1.54, 1.807) is 6.07 Å². The smallest absolute Gasteiger partial charge is 0.324 e. The van der Waals surface area contributed by atoms with E-state index in [0.717, 1.165) is 5.76 Å². The van der Waals surface area contributed by atoms with Crippen LogP contribution in [0.25, 0.3) is 0 Å². The predicted molar refractivity (Wildman–Crippen MR) is 52.9 cm³/mol. The summed E-state index contributed by atoms with van der Waals surface area (Å²) in [5.74, 6) is 1.38. The van der Waals surface area contributed by atoms with Gasteiger partial charge in [0.25, 0.3) is 0 Å². The van der Waals surface area contributed by atoms with Crippen molar-refractivity contribution in [2.24, 2.45) is 0 Å². The number of amides is 2. The van der Waals surface area contributed by atoms with Gasteiger partial charge < -0.3 is 9.84 Å². The highest BCUT2D eigenvalue weighted by atomic mass is 16.5. The van der Waals surface area contributed by atoms with E-state index in [1.165, 1.54) is 6.20 Å². The van der Waals surface area contributed by atoms with Gasteiger partial charge in [-0.15, -0.1) is 0 Å². The second-order valence-corrected chi connectivity index (χ2v) is 3.07. The van der Waals surface area contributed by atoms with Crippen molar-refractivity contribution < 1.29 is 9.32 Å². The number of carbonyl (C=O) groups is 1. The van der Waals surface area contributed by atoms with E-state index in [1.807, 2.05) is 13.8 Å². The van der Waals surface area contributed by atoms with Crippen LogP contribution in [0, 0.1) is 0 Å². The van der Waals surface area contributed by atoms with Crippen molar-refractivity contribution in [3.05, 3.63) is 24.6 Å². The van der Waals surface area contributed by atoms with Crippen molar-refractivity contribution in [2.45, 2.75) is 19.8 Å². The molecule has 0 fully saturated rings. The Morgan fingerprint density at radius 1 is 1.71 bits per heavy atom. The molecule has 1 aromatic heterocycles. The lowest BCUT2D eigenvalue weighted by molar-refractivity contribution is 0.255. The summed E-state index contributed by atoms with van der Waals surface area (Å²) in [6, 6.07) is 1.30. The van der Waals surface area contributed by atoms with Gasteiger partial charge in [-0.3, -0.25) is 5.32 Å². The van der Waals surface area contributed by atoms with Crippen LogP contribution in [0.5, 0.6) is 0 Å². The minimum atomic E-state index is -0.386. The average molecular weight is 195 g/mol. The van der Waals surface area contributed by atoms with Gasteiger partial charge in [-0.25, -0.2) is 4.79 Å². The van der Waals surface area contributed by atoms with E-state index in [2.05, 4.69) is 22.4 Å². The highest BCUT2D eigenvalue weighted by Gasteiger charge is 2.09. The first-order valence-electron chi connectivity index (χ1n) is 4.28. The van der Waals surface area contributed by atoms with Crippen molar-refractivity contribution in [3.8, 4) is 0 Å². The van der Waals surface area contributed by atoms with Crippen LogP contribution in [-0.2, 0) is 0 Å². The number of hydrogen-bond acceptors (Lipinski definition) is 3. The second-order valence-electron chi connectivity index (χ2n) is 3.07. The lowest BCUT2D eigenvalue weighted by Gasteiger charge is -1.97. The Labute approximate surface area is 82.2 Å². The number of aromatic nitrogens is 1. The zero-order valence-corrected chi connectivity index (χ0v) is 8.20. The Hall–Kier alpha value is -1.78. The van der Waals surface area contributed by atoms with Crippen molar-refractivity contribution in [3.63, 3.8) is 0 Å². The monoisotopic (exact) mass is 195 g/mol. The summed E-state index contributed by atoms with van der Waals surface area (Å²) in [6.07, 6.45) is 1.29. The number of anilines is 1. The van der Waals surface area contributed by atoms with Crippen molar-refractivity contribution in [1.29, 1.82) is 0 Å². The lowest BCUT2D eigenvalue weighted by Crippen LogP contribution is -2.23. The average Bonchev–Trinajstić information content (AvgIpc) is 2.53. The molecule has 1 heterocycles. The predicted octanol–water partition coefficient (Wildman–Crippen LogP) is 2.06. The molecule has 0 unspecified atom stereocenters. The second kappa shape index (κ2) is 4.45.